The SMILES string of the molecule is CCCC1CCN(C(CN)c2ccc(Br)cc2F)CC1. The fourth-order valence-corrected chi connectivity index (χ4v) is 3.54. The molecule has 0 bridgehead atoms. The zero-order valence-electron chi connectivity index (χ0n) is 12.1. The van der Waals surface area contributed by atoms with Crippen LogP contribution in [0.15, 0.2) is 22.7 Å². The minimum atomic E-state index is -0.162. The third-order valence-electron chi connectivity index (χ3n) is 4.33. The van der Waals surface area contributed by atoms with Gasteiger partial charge in [-0.1, -0.05) is 41.8 Å². The first-order valence-electron chi connectivity index (χ1n) is 7.54. The monoisotopic (exact) mass is 342 g/mol. The van der Waals surface area contributed by atoms with Crippen molar-refractivity contribution < 1.29 is 4.39 Å². The number of hydrogen-bond acceptors (Lipinski definition) is 2. The summed E-state index contributed by atoms with van der Waals surface area (Å²) in [7, 11) is 0. The maximum absolute atomic E-state index is 14.1. The van der Waals surface area contributed by atoms with Crippen LogP contribution in [0.5, 0.6) is 0 Å². The van der Waals surface area contributed by atoms with Gasteiger partial charge in [0, 0.05) is 22.6 Å². The van der Waals surface area contributed by atoms with E-state index in [0.717, 1.165) is 29.0 Å². The predicted octanol–water partition coefficient (Wildman–Crippen LogP) is 4.10. The highest BCUT2D eigenvalue weighted by molar-refractivity contribution is 9.10. The van der Waals surface area contributed by atoms with Gasteiger partial charge in [-0.15, -0.1) is 0 Å². The van der Waals surface area contributed by atoms with Gasteiger partial charge in [0.15, 0.2) is 0 Å². The van der Waals surface area contributed by atoms with Gasteiger partial charge in [0.05, 0.1) is 0 Å². The van der Waals surface area contributed by atoms with Gasteiger partial charge in [-0.3, -0.25) is 4.90 Å². The van der Waals surface area contributed by atoms with Gasteiger partial charge < -0.3 is 5.73 Å². The summed E-state index contributed by atoms with van der Waals surface area (Å²) >= 11 is 3.30. The molecule has 1 atom stereocenters. The Morgan fingerprint density at radius 3 is 2.65 bits per heavy atom. The summed E-state index contributed by atoms with van der Waals surface area (Å²) in [5.74, 6) is 0.676. The number of nitrogens with zero attached hydrogens (tertiary/aromatic N) is 1. The van der Waals surface area contributed by atoms with E-state index < -0.39 is 0 Å². The highest BCUT2D eigenvalue weighted by atomic mass is 79.9. The predicted molar refractivity (Wildman–Crippen MR) is 85.1 cm³/mol. The zero-order valence-corrected chi connectivity index (χ0v) is 13.7. The van der Waals surface area contributed by atoms with E-state index in [1.807, 2.05) is 12.1 Å². The molecule has 0 amide bonds. The lowest BCUT2D eigenvalue weighted by Crippen LogP contribution is -2.40. The molecule has 20 heavy (non-hydrogen) atoms. The molecule has 2 nitrogen and oxygen atoms in total. The number of likely N-dealkylation sites (tertiary alicyclic amines) is 1. The number of piperidine rings is 1. The standard InChI is InChI=1S/C16H24BrFN2/c1-2-3-12-6-8-20(9-7-12)16(11-19)14-5-4-13(17)10-15(14)18/h4-5,10,12,16H,2-3,6-9,11,19H2,1H3. The molecule has 1 aliphatic heterocycles. The Morgan fingerprint density at radius 1 is 1.40 bits per heavy atom. The van der Waals surface area contributed by atoms with E-state index >= 15 is 0 Å². The lowest BCUT2D eigenvalue weighted by Gasteiger charge is -2.37. The van der Waals surface area contributed by atoms with Crippen LogP contribution in [0.2, 0.25) is 0 Å². The molecule has 1 unspecified atom stereocenters. The second kappa shape index (κ2) is 7.53. The summed E-state index contributed by atoms with van der Waals surface area (Å²) in [5.41, 5.74) is 6.64. The van der Waals surface area contributed by atoms with Crippen molar-refractivity contribution in [1.29, 1.82) is 0 Å². The number of nitrogens with two attached hydrogens (primary N) is 1. The molecule has 1 heterocycles. The maximum Gasteiger partial charge on any atom is 0.129 e. The topological polar surface area (TPSA) is 29.3 Å². The Bertz CT molecular complexity index is 430. The van der Waals surface area contributed by atoms with Gasteiger partial charge in [-0.2, -0.15) is 0 Å². The lowest BCUT2D eigenvalue weighted by molar-refractivity contribution is 0.129. The van der Waals surface area contributed by atoms with E-state index in [1.54, 1.807) is 0 Å². The molecule has 1 aliphatic rings. The van der Waals surface area contributed by atoms with Gasteiger partial charge in [-0.05, 0) is 44.0 Å². The first kappa shape index (κ1) is 15.9. The molecule has 0 aliphatic carbocycles. The van der Waals surface area contributed by atoms with E-state index in [4.69, 9.17) is 5.73 Å². The zero-order chi connectivity index (χ0) is 14.5. The number of rotatable bonds is 5. The van der Waals surface area contributed by atoms with Crippen molar-refractivity contribution >= 4 is 15.9 Å². The molecule has 2 rings (SSSR count). The van der Waals surface area contributed by atoms with Crippen molar-refractivity contribution in [1.82, 2.24) is 4.90 Å². The number of hydrogen-bond donors (Lipinski definition) is 1. The minimum Gasteiger partial charge on any atom is -0.329 e. The average Bonchev–Trinajstić information content (AvgIpc) is 2.44. The molecular weight excluding hydrogens is 319 g/mol. The Morgan fingerprint density at radius 2 is 2.10 bits per heavy atom. The van der Waals surface area contributed by atoms with Crippen LogP contribution in [0.4, 0.5) is 4.39 Å². The quantitative estimate of drug-likeness (QED) is 0.872. The molecule has 4 heteroatoms. The van der Waals surface area contributed by atoms with Crippen LogP contribution in [-0.4, -0.2) is 24.5 Å². The van der Waals surface area contributed by atoms with Crippen molar-refractivity contribution in [2.24, 2.45) is 11.7 Å². The first-order chi connectivity index (χ1) is 9.65. The van der Waals surface area contributed by atoms with Crippen LogP contribution >= 0.6 is 15.9 Å². The Balaban J connectivity index is 2.05. The Hall–Kier alpha value is -0.450. The highest BCUT2D eigenvalue weighted by Crippen LogP contribution is 2.30. The normalized spacial score (nSPS) is 19.2. The molecule has 2 N–H and O–H groups in total. The van der Waals surface area contributed by atoms with Crippen molar-refractivity contribution in [2.75, 3.05) is 19.6 Å². The molecule has 1 saturated heterocycles. The lowest BCUT2D eigenvalue weighted by atomic mass is 9.91. The summed E-state index contributed by atoms with van der Waals surface area (Å²) in [6.07, 6.45) is 4.99. The van der Waals surface area contributed by atoms with E-state index in [2.05, 4.69) is 27.8 Å². The maximum atomic E-state index is 14.1. The van der Waals surface area contributed by atoms with Crippen LogP contribution in [0.1, 0.15) is 44.2 Å². The minimum absolute atomic E-state index is 0.00526. The molecule has 0 saturated carbocycles. The van der Waals surface area contributed by atoms with E-state index in [9.17, 15) is 4.39 Å². The number of halogens is 2. The van der Waals surface area contributed by atoms with Gasteiger partial charge >= 0.3 is 0 Å². The first-order valence-corrected chi connectivity index (χ1v) is 8.34. The fraction of sp³-hybridized carbons (Fsp3) is 0.625. The van der Waals surface area contributed by atoms with Crippen LogP contribution in [0, 0.1) is 11.7 Å². The second-order valence-corrected chi connectivity index (χ2v) is 6.60. The molecule has 0 aromatic heterocycles. The second-order valence-electron chi connectivity index (χ2n) is 5.69. The van der Waals surface area contributed by atoms with E-state index in [0.29, 0.717) is 6.54 Å². The molecule has 1 fully saturated rings. The van der Waals surface area contributed by atoms with Crippen molar-refractivity contribution in [3.05, 3.63) is 34.1 Å². The van der Waals surface area contributed by atoms with Crippen LogP contribution < -0.4 is 5.73 Å². The van der Waals surface area contributed by atoms with Crippen LogP contribution in [-0.2, 0) is 0 Å². The Kier molecular flexibility index (Phi) is 6.00. The highest BCUT2D eigenvalue weighted by Gasteiger charge is 2.26. The summed E-state index contributed by atoms with van der Waals surface area (Å²) in [6, 6.07) is 5.28. The Labute approximate surface area is 129 Å². The van der Waals surface area contributed by atoms with Crippen molar-refractivity contribution in [3.63, 3.8) is 0 Å². The van der Waals surface area contributed by atoms with Gasteiger partial charge in [-0.25, -0.2) is 4.39 Å². The largest absolute Gasteiger partial charge is 0.329 e. The summed E-state index contributed by atoms with van der Waals surface area (Å²) in [4.78, 5) is 2.35. The van der Waals surface area contributed by atoms with Gasteiger partial charge in [0.1, 0.15) is 5.82 Å². The average molecular weight is 343 g/mol. The van der Waals surface area contributed by atoms with E-state index in [-0.39, 0.29) is 11.9 Å². The smallest absolute Gasteiger partial charge is 0.129 e. The van der Waals surface area contributed by atoms with Crippen molar-refractivity contribution in [3.8, 4) is 0 Å². The molecule has 0 spiro atoms. The van der Waals surface area contributed by atoms with Gasteiger partial charge in [0.2, 0.25) is 0 Å². The molecule has 1 aromatic rings. The summed E-state index contributed by atoms with van der Waals surface area (Å²) < 4.78 is 14.9. The fourth-order valence-electron chi connectivity index (χ4n) is 3.21. The van der Waals surface area contributed by atoms with Crippen LogP contribution in [0.25, 0.3) is 0 Å². The van der Waals surface area contributed by atoms with Gasteiger partial charge in [0.25, 0.3) is 0 Å². The molecule has 0 radical (unpaired) electrons. The third kappa shape index (κ3) is 3.80. The molecule has 1 aromatic carbocycles. The summed E-state index contributed by atoms with van der Waals surface area (Å²) in [6.45, 7) is 4.77. The van der Waals surface area contributed by atoms with E-state index in [1.165, 1.54) is 31.7 Å². The number of benzene rings is 1. The van der Waals surface area contributed by atoms with Crippen molar-refractivity contribution in [2.45, 2.75) is 38.6 Å². The summed E-state index contributed by atoms with van der Waals surface area (Å²) in [5, 5.41) is 0. The van der Waals surface area contributed by atoms with Crippen LogP contribution in [0.3, 0.4) is 0 Å². The third-order valence-corrected chi connectivity index (χ3v) is 4.82. The molecule has 112 valence electrons. The molecular formula is C16H24BrFN2.